The summed E-state index contributed by atoms with van der Waals surface area (Å²) in [5, 5.41) is 0. The van der Waals surface area contributed by atoms with Crippen LogP contribution < -0.4 is 0 Å². The maximum Gasteiger partial charge on any atom is 0.170 e. The number of hydrogen-bond acceptors (Lipinski definition) is 1. The number of halogens is 4. The van der Waals surface area contributed by atoms with E-state index in [4.69, 9.17) is 0 Å². The van der Waals surface area contributed by atoms with Crippen molar-refractivity contribution in [3.63, 3.8) is 0 Å². The second-order valence-corrected chi connectivity index (χ2v) is 4.44. The van der Waals surface area contributed by atoms with Gasteiger partial charge in [0.05, 0.1) is 5.56 Å². The Kier molecular flexibility index (Phi) is 3.88. The van der Waals surface area contributed by atoms with Gasteiger partial charge in [0.15, 0.2) is 17.4 Å². The molecule has 0 fully saturated rings. The predicted molar refractivity (Wildman–Crippen MR) is 65.5 cm³/mol. The van der Waals surface area contributed by atoms with E-state index in [1.807, 2.05) is 0 Å². The minimum absolute atomic E-state index is 0.0629. The van der Waals surface area contributed by atoms with Crippen molar-refractivity contribution in [1.82, 2.24) is 0 Å². The Bertz CT molecular complexity index is 660. The van der Waals surface area contributed by atoms with Gasteiger partial charge in [0.2, 0.25) is 0 Å². The van der Waals surface area contributed by atoms with Gasteiger partial charge in [-0.05, 0) is 36.2 Å². The van der Waals surface area contributed by atoms with Crippen molar-refractivity contribution in [2.45, 2.75) is 13.3 Å². The fourth-order valence-corrected chi connectivity index (χ4v) is 1.85. The number of aryl methyl sites for hydroxylation is 1. The molecule has 0 spiro atoms. The Morgan fingerprint density at radius 1 is 0.950 bits per heavy atom. The zero-order valence-electron chi connectivity index (χ0n) is 10.5. The van der Waals surface area contributed by atoms with Crippen LogP contribution in [0.15, 0.2) is 30.3 Å². The lowest BCUT2D eigenvalue weighted by Crippen LogP contribution is -2.09. The first-order chi connectivity index (χ1) is 9.38. The van der Waals surface area contributed by atoms with Crippen molar-refractivity contribution in [1.29, 1.82) is 0 Å². The normalized spacial score (nSPS) is 10.7. The maximum atomic E-state index is 13.6. The summed E-state index contributed by atoms with van der Waals surface area (Å²) in [4.78, 5) is 11.9. The molecule has 0 bridgehead atoms. The van der Waals surface area contributed by atoms with Crippen LogP contribution in [-0.4, -0.2) is 5.78 Å². The first-order valence-corrected chi connectivity index (χ1v) is 5.81. The summed E-state index contributed by atoms with van der Waals surface area (Å²) in [6.07, 6.45) is -0.409. The monoisotopic (exact) mass is 282 g/mol. The number of carbonyl (C=O) groups excluding carboxylic acids is 1. The van der Waals surface area contributed by atoms with Crippen LogP contribution in [0.2, 0.25) is 0 Å². The SMILES string of the molecule is Cc1ccc(C(=O)Cc2cc(F)cc(F)c2)c(F)c1F. The van der Waals surface area contributed by atoms with E-state index in [1.54, 1.807) is 0 Å². The summed E-state index contributed by atoms with van der Waals surface area (Å²) in [5.74, 6) is -4.74. The van der Waals surface area contributed by atoms with Gasteiger partial charge >= 0.3 is 0 Å². The zero-order valence-corrected chi connectivity index (χ0v) is 10.5. The van der Waals surface area contributed by atoms with E-state index in [0.29, 0.717) is 6.07 Å². The lowest BCUT2D eigenvalue weighted by atomic mass is 10.0. The van der Waals surface area contributed by atoms with Crippen molar-refractivity contribution in [2.75, 3.05) is 0 Å². The molecule has 104 valence electrons. The standard InChI is InChI=1S/C15H10F4O/c1-8-2-3-12(15(19)14(8)18)13(20)6-9-4-10(16)7-11(17)5-9/h2-5,7H,6H2,1H3. The summed E-state index contributed by atoms with van der Waals surface area (Å²) in [6.45, 7) is 1.37. The average molecular weight is 282 g/mol. The van der Waals surface area contributed by atoms with Gasteiger partial charge in [-0.3, -0.25) is 4.79 Å². The third kappa shape index (κ3) is 2.87. The fourth-order valence-electron chi connectivity index (χ4n) is 1.85. The van der Waals surface area contributed by atoms with Crippen LogP contribution in [0.3, 0.4) is 0 Å². The molecule has 0 saturated heterocycles. The van der Waals surface area contributed by atoms with E-state index in [9.17, 15) is 22.4 Å². The summed E-state index contributed by atoms with van der Waals surface area (Å²) < 4.78 is 53.0. The molecule has 0 saturated carbocycles. The highest BCUT2D eigenvalue weighted by Gasteiger charge is 2.17. The predicted octanol–water partition coefficient (Wildman–Crippen LogP) is 3.98. The Hall–Kier alpha value is -2.17. The van der Waals surface area contributed by atoms with Gasteiger partial charge in [0.25, 0.3) is 0 Å². The molecule has 5 heteroatoms. The highest BCUT2D eigenvalue weighted by Crippen LogP contribution is 2.18. The van der Waals surface area contributed by atoms with E-state index in [1.165, 1.54) is 13.0 Å². The highest BCUT2D eigenvalue weighted by atomic mass is 19.2. The molecule has 0 N–H and O–H groups in total. The number of hydrogen-bond donors (Lipinski definition) is 0. The zero-order chi connectivity index (χ0) is 14.9. The largest absolute Gasteiger partial charge is 0.294 e. The van der Waals surface area contributed by atoms with Gasteiger partial charge in [-0.2, -0.15) is 0 Å². The lowest BCUT2D eigenvalue weighted by molar-refractivity contribution is 0.0988. The van der Waals surface area contributed by atoms with Gasteiger partial charge in [0, 0.05) is 12.5 Å². The molecule has 0 atom stereocenters. The summed E-state index contributed by atoms with van der Waals surface area (Å²) in [7, 11) is 0. The molecule has 0 radical (unpaired) electrons. The molecule has 0 amide bonds. The van der Waals surface area contributed by atoms with E-state index in [0.717, 1.165) is 18.2 Å². The van der Waals surface area contributed by atoms with E-state index in [2.05, 4.69) is 0 Å². The van der Waals surface area contributed by atoms with Gasteiger partial charge in [-0.1, -0.05) is 6.07 Å². The Labute approximate surface area is 112 Å². The van der Waals surface area contributed by atoms with Crippen molar-refractivity contribution in [3.8, 4) is 0 Å². The lowest BCUT2D eigenvalue weighted by Gasteiger charge is -2.06. The summed E-state index contributed by atoms with van der Waals surface area (Å²) >= 11 is 0. The van der Waals surface area contributed by atoms with Crippen LogP contribution in [0, 0.1) is 30.2 Å². The minimum atomic E-state index is -1.24. The number of benzene rings is 2. The topological polar surface area (TPSA) is 17.1 Å². The van der Waals surface area contributed by atoms with Crippen LogP contribution in [0.5, 0.6) is 0 Å². The van der Waals surface area contributed by atoms with E-state index >= 15 is 0 Å². The molecule has 1 nitrogen and oxygen atoms in total. The number of carbonyl (C=O) groups is 1. The average Bonchev–Trinajstić information content (AvgIpc) is 2.34. The molecule has 2 rings (SSSR count). The molecular weight excluding hydrogens is 272 g/mol. The molecule has 0 unspecified atom stereocenters. The fraction of sp³-hybridized carbons (Fsp3) is 0.133. The van der Waals surface area contributed by atoms with Crippen molar-refractivity contribution < 1.29 is 22.4 Å². The molecule has 0 aromatic heterocycles. The molecule has 20 heavy (non-hydrogen) atoms. The molecule has 2 aromatic carbocycles. The quantitative estimate of drug-likeness (QED) is 0.615. The van der Waals surface area contributed by atoms with Crippen LogP contribution in [0.1, 0.15) is 21.5 Å². The van der Waals surface area contributed by atoms with Crippen molar-refractivity contribution in [3.05, 3.63) is 70.3 Å². The third-order valence-corrected chi connectivity index (χ3v) is 2.86. The van der Waals surface area contributed by atoms with Gasteiger partial charge < -0.3 is 0 Å². The first-order valence-electron chi connectivity index (χ1n) is 5.81. The molecule has 0 aliphatic carbocycles. The van der Waals surface area contributed by atoms with Crippen LogP contribution >= 0.6 is 0 Å². The van der Waals surface area contributed by atoms with Crippen LogP contribution in [-0.2, 0) is 6.42 Å². The summed E-state index contributed by atoms with van der Waals surface area (Å²) in [5.41, 5.74) is -0.290. The molecule has 0 aliphatic rings. The second kappa shape index (κ2) is 5.45. The van der Waals surface area contributed by atoms with E-state index in [-0.39, 0.29) is 11.1 Å². The smallest absolute Gasteiger partial charge is 0.170 e. The first kappa shape index (κ1) is 14.2. The molecule has 0 heterocycles. The molecule has 2 aromatic rings. The van der Waals surface area contributed by atoms with Gasteiger partial charge in [-0.15, -0.1) is 0 Å². The number of rotatable bonds is 3. The second-order valence-electron chi connectivity index (χ2n) is 4.44. The number of ketones is 1. The Morgan fingerprint density at radius 3 is 2.15 bits per heavy atom. The van der Waals surface area contributed by atoms with Crippen LogP contribution in [0.4, 0.5) is 17.6 Å². The van der Waals surface area contributed by atoms with Crippen molar-refractivity contribution >= 4 is 5.78 Å². The Balaban J connectivity index is 2.31. The van der Waals surface area contributed by atoms with Crippen molar-refractivity contribution in [2.24, 2.45) is 0 Å². The highest BCUT2D eigenvalue weighted by molar-refractivity contribution is 5.97. The third-order valence-electron chi connectivity index (χ3n) is 2.86. The summed E-state index contributed by atoms with van der Waals surface area (Å²) in [6, 6.07) is 5.05. The van der Waals surface area contributed by atoms with Gasteiger partial charge in [0.1, 0.15) is 11.6 Å². The maximum absolute atomic E-state index is 13.6. The molecular formula is C15H10F4O. The Morgan fingerprint density at radius 2 is 1.55 bits per heavy atom. The number of Topliss-reactive ketones (excluding diaryl/α,β-unsaturated/α-hetero) is 1. The van der Waals surface area contributed by atoms with E-state index < -0.39 is 41.0 Å². The van der Waals surface area contributed by atoms with Crippen LogP contribution in [0.25, 0.3) is 0 Å². The minimum Gasteiger partial charge on any atom is -0.294 e. The molecule has 0 aliphatic heterocycles. The van der Waals surface area contributed by atoms with Gasteiger partial charge in [-0.25, -0.2) is 17.6 Å².